The molecule has 1 atom stereocenters. The fourth-order valence-electron chi connectivity index (χ4n) is 2.28. The van der Waals surface area contributed by atoms with Crippen molar-refractivity contribution in [1.82, 2.24) is 15.5 Å². The molecule has 2 N–H and O–H groups in total. The van der Waals surface area contributed by atoms with Gasteiger partial charge in [-0.15, -0.1) is 0 Å². The van der Waals surface area contributed by atoms with Crippen LogP contribution in [0.5, 0.6) is 0 Å². The van der Waals surface area contributed by atoms with Crippen molar-refractivity contribution >= 4 is 23.3 Å². The van der Waals surface area contributed by atoms with Crippen LogP contribution in [0.15, 0.2) is 53.1 Å². The first-order valence-corrected chi connectivity index (χ1v) is 8.70. The monoisotopic (exact) mass is 370 g/mol. The molecule has 1 aromatic heterocycles. The van der Waals surface area contributed by atoms with Crippen molar-refractivity contribution in [2.24, 2.45) is 0 Å². The van der Waals surface area contributed by atoms with Gasteiger partial charge in [0.15, 0.2) is 0 Å². The molecular weight excluding hydrogens is 352 g/mol. The van der Waals surface area contributed by atoms with E-state index < -0.39 is 0 Å². The number of amides is 2. The molecule has 0 aliphatic carbocycles. The Bertz CT molecular complexity index is 893. The lowest BCUT2D eigenvalue weighted by Crippen LogP contribution is -2.35. The van der Waals surface area contributed by atoms with E-state index in [1.807, 2.05) is 38.1 Å². The van der Waals surface area contributed by atoms with Gasteiger partial charge in [0.25, 0.3) is 5.89 Å². The third kappa shape index (κ3) is 4.40. The van der Waals surface area contributed by atoms with Crippen LogP contribution in [0.25, 0.3) is 22.8 Å². The number of halogens is 1. The summed E-state index contributed by atoms with van der Waals surface area (Å²) in [6.07, 6.45) is 0.865. The standard InChI is InChI=1S/C19H19ClN4O2/c1-3-12(2)21-19(25)22-16-6-4-5-14(11-16)17-23-18(26-24-17)13-7-9-15(20)10-8-13/h4-12H,3H2,1-2H3,(H2,21,22,25)/t12-/m1/s1. The van der Waals surface area contributed by atoms with Crippen LogP contribution >= 0.6 is 11.6 Å². The van der Waals surface area contributed by atoms with Crippen LogP contribution in [0.4, 0.5) is 10.5 Å². The average molecular weight is 371 g/mol. The Morgan fingerprint density at radius 2 is 1.96 bits per heavy atom. The molecule has 0 unspecified atom stereocenters. The molecule has 0 aliphatic rings. The predicted molar refractivity (Wildman–Crippen MR) is 102 cm³/mol. The fourth-order valence-corrected chi connectivity index (χ4v) is 2.41. The van der Waals surface area contributed by atoms with Gasteiger partial charge in [-0.05, 0) is 49.7 Å². The zero-order valence-electron chi connectivity index (χ0n) is 14.5. The van der Waals surface area contributed by atoms with E-state index in [0.29, 0.717) is 22.4 Å². The molecule has 0 bridgehead atoms. The van der Waals surface area contributed by atoms with E-state index in [1.54, 1.807) is 24.3 Å². The molecule has 2 amide bonds. The number of nitrogens with zero attached hydrogens (tertiary/aromatic N) is 2. The lowest BCUT2D eigenvalue weighted by atomic mass is 10.2. The molecule has 1 heterocycles. The van der Waals surface area contributed by atoms with E-state index in [-0.39, 0.29) is 12.1 Å². The molecule has 7 heteroatoms. The second kappa shape index (κ2) is 8.01. The van der Waals surface area contributed by atoms with Crippen LogP contribution in [-0.2, 0) is 0 Å². The first kappa shape index (κ1) is 17.9. The van der Waals surface area contributed by atoms with E-state index in [1.165, 1.54) is 0 Å². The summed E-state index contributed by atoms with van der Waals surface area (Å²) in [4.78, 5) is 16.4. The Morgan fingerprint density at radius 3 is 2.69 bits per heavy atom. The molecule has 134 valence electrons. The molecule has 3 aromatic rings. The van der Waals surface area contributed by atoms with Gasteiger partial charge < -0.3 is 15.2 Å². The van der Waals surface area contributed by atoms with Crippen molar-refractivity contribution in [3.05, 3.63) is 53.6 Å². The molecule has 26 heavy (non-hydrogen) atoms. The summed E-state index contributed by atoms with van der Waals surface area (Å²) in [6, 6.07) is 14.3. The van der Waals surface area contributed by atoms with Gasteiger partial charge in [-0.3, -0.25) is 0 Å². The number of carbonyl (C=O) groups is 1. The van der Waals surface area contributed by atoms with Crippen LogP contribution in [-0.4, -0.2) is 22.2 Å². The topological polar surface area (TPSA) is 80.0 Å². The summed E-state index contributed by atoms with van der Waals surface area (Å²) in [7, 11) is 0. The van der Waals surface area contributed by atoms with Crippen LogP contribution in [0.3, 0.4) is 0 Å². The summed E-state index contributed by atoms with van der Waals surface area (Å²) in [5, 5.41) is 10.3. The van der Waals surface area contributed by atoms with E-state index in [9.17, 15) is 4.79 Å². The number of urea groups is 1. The number of benzene rings is 2. The molecule has 6 nitrogen and oxygen atoms in total. The maximum absolute atomic E-state index is 12.0. The quantitative estimate of drug-likeness (QED) is 0.664. The SMILES string of the molecule is CC[C@@H](C)NC(=O)Nc1cccc(-c2noc(-c3ccc(Cl)cc3)n2)c1. The van der Waals surface area contributed by atoms with Crippen molar-refractivity contribution in [2.75, 3.05) is 5.32 Å². The molecule has 0 radical (unpaired) electrons. The number of aromatic nitrogens is 2. The molecule has 0 fully saturated rings. The number of hydrogen-bond donors (Lipinski definition) is 2. The maximum atomic E-state index is 12.0. The third-order valence-corrected chi connectivity index (χ3v) is 4.14. The highest BCUT2D eigenvalue weighted by molar-refractivity contribution is 6.30. The summed E-state index contributed by atoms with van der Waals surface area (Å²) >= 11 is 5.89. The minimum absolute atomic E-state index is 0.109. The highest BCUT2D eigenvalue weighted by Crippen LogP contribution is 2.25. The van der Waals surface area contributed by atoms with E-state index in [2.05, 4.69) is 20.8 Å². The van der Waals surface area contributed by atoms with Gasteiger partial charge in [0.05, 0.1) is 0 Å². The van der Waals surface area contributed by atoms with Gasteiger partial charge in [-0.1, -0.05) is 35.8 Å². The van der Waals surface area contributed by atoms with Crippen molar-refractivity contribution < 1.29 is 9.32 Å². The van der Waals surface area contributed by atoms with Gasteiger partial charge in [0, 0.05) is 27.9 Å². The lowest BCUT2D eigenvalue weighted by molar-refractivity contribution is 0.249. The predicted octanol–water partition coefficient (Wildman–Crippen LogP) is 4.98. The maximum Gasteiger partial charge on any atom is 0.319 e. The molecule has 0 saturated carbocycles. The number of hydrogen-bond acceptors (Lipinski definition) is 4. The number of rotatable bonds is 5. The Labute approximate surface area is 156 Å². The molecule has 0 spiro atoms. The van der Waals surface area contributed by atoms with E-state index >= 15 is 0 Å². The van der Waals surface area contributed by atoms with Gasteiger partial charge in [-0.2, -0.15) is 4.98 Å². The first-order chi connectivity index (χ1) is 12.5. The number of nitrogens with one attached hydrogen (secondary N) is 2. The van der Waals surface area contributed by atoms with Gasteiger partial charge in [0.2, 0.25) is 5.82 Å². The zero-order valence-corrected chi connectivity index (χ0v) is 15.2. The van der Waals surface area contributed by atoms with Gasteiger partial charge in [0.1, 0.15) is 0 Å². The minimum Gasteiger partial charge on any atom is -0.335 e. The summed E-state index contributed by atoms with van der Waals surface area (Å²) in [5.74, 6) is 0.852. The van der Waals surface area contributed by atoms with E-state index in [4.69, 9.17) is 16.1 Å². The number of carbonyl (C=O) groups excluding carboxylic acids is 1. The van der Waals surface area contributed by atoms with Crippen molar-refractivity contribution in [3.63, 3.8) is 0 Å². The minimum atomic E-state index is -0.244. The lowest BCUT2D eigenvalue weighted by Gasteiger charge is -2.12. The van der Waals surface area contributed by atoms with Crippen LogP contribution < -0.4 is 10.6 Å². The Kier molecular flexibility index (Phi) is 5.53. The number of anilines is 1. The van der Waals surface area contributed by atoms with Gasteiger partial charge >= 0.3 is 6.03 Å². The van der Waals surface area contributed by atoms with Crippen molar-refractivity contribution in [2.45, 2.75) is 26.3 Å². The molecule has 0 saturated heterocycles. The van der Waals surface area contributed by atoms with E-state index in [0.717, 1.165) is 17.5 Å². The van der Waals surface area contributed by atoms with Crippen molar-refractivity contribution in [3.8, 4) is 22.8 Å². The molecule has 3 rings (SSSR count). The van der Waals surface area contributed by atoms with Gasteiger partial charge in [-0.25, -0.2) is 4.79 Å². The molecule has 2 aromatic carbocycles. The summed E-state index contributed by atoms with van der Waals surface area (Å²) in [5.41, 5.74) is 2.19. The Morgan fingerprint density at radius 1 is 1.19 bits per heavy atom. The van der Waals surface area contributed by atoms with Crippen LogP contribution in [0.2, 0.25) is 5.02 Å². The second-order valence-electron chi connectivity index (χ2n) is 5.92. The fraction of sp³-hybridized carbons (Fsp3) is 0.211. The Balaban J connectivity index is 1.76. The molecular formula is C19H19ClN4O2. The largest absolute Gasteiger partial charge is 0.335 e. The summed E-state index contributed by atoms with van der Waals surface area (Å²) in [6.45, 7) is 3.97. The van der Waals surface area contributed by atoms with Crippen molar-refractivity contribution in [1.29, 1.82) is 0 Å². The summed E-state index contributed by atoms with van der Waals surface area (Å²) < 4.78 is 5.33. The van der Waals surface area contributed by atoms with Crippen LogP contribution in [0.1, 0.15) is 20.3 Å². The smallest absolute Gasteiger partial charge is 0.319 e. The average Bonchev–Trinajstić information content (AvgIpc) is 3.12. The highest BCUT2D eigenvalue weighted by Gasteiger charge is 2.12. The normalized spacial score (nSPS) is 11.8. The highest BCUT2D eigenvalue weighted by atomic mass is 35.5. The zero-order chi connectivity index (χ0) is 18.5. The third-order valence-electron chi connectivity index (χ3n) is 3.89. The first-order valence-electron chi connectivity index (χ1n) is 8.32. The Hall–Kier alpha value is -2.86. The molecule has 0 aliphatic heterocycles. The van der Waals surface area contributed by atoms with Crippen LogP contribution in [0, 0.1) is 0 Å². The second-order valence-corrected chi connectivity index (χ2v) is 6.36.